The van der Waals surface area contributed by atoms with Crippen molar-refractivity contribution in [3.8, 4) is 28.0 Å². The molecule has 29 heavy (non-hydrogen) atoms. The van der Waals surface area contributed by atoms with Crippen LogP contribution in [0.4, 0.5) is 11.4 Å². The minimum absolute atomic E-state index is 0.831. The summed E-state index contributed by atoms with van der Waals surface area (Å²) < 4.78 is 5.58. The maximum Gasteiger partial charge on any atom is 0.126 e. The van der Waals surface area contributed by atoms with Gasteiger partial charge in [0.1, 0.15) is 5.75 Å². The van der Waals surface area contributed by atoms with Crippen molar-refractivity contribution in [2.75, 3.05) is 12.1 Å². The number of nitrogens with zero attached hydrogens (tertiary/aromatic N) is 1. The van der Waals surface area contributed by atoms with Crippen molar-refractivity contribution in [2.45, 2.75) is 6.42 Å². The molecule has 2 N–H and O–H groups in total. The molecule has 0 bridgehead atoms. The number of rotatable bonds is 4. The highest BCUT2D eigenvalue weighted by atomic mass is 16.5. The summed E-state index contributed by atoms with van der Waals surface area (Å²) in [5.41, 5.74) is 9.33. The number of hydrazine groups is 1. The molecule has 1 aliphatic rings. The van der Waals surface area contributed by atoms with E-state index in [-0.39, 0.29) is 0 Å². The van der Waals surface area contributed by atoms with Crippen LogP contribution in [0.2, 0.25) is 0 Å². The number of nitrogens with two attached hydrogens (primary N) is 1. The van der Waals surface area contributed by atoms with Gasteiger partial charge in [0.25, 0.3) is 0 Å². The van der Waals surface area contributed by atoms with E-state index in [9.17, 15) is 0 Å². The molecule has 4 aromatic rings. The lowest BCUT2D eigenvalue weighted by Gasteiger charge is -2.21. The number of methoxy groups -OCH3 is 1. The number of hydrogen-bond donors (Lipinski definition) is 1. The summed E-state index contributed by atoms with van der Waals surface area (Å²) in [5.74, 6) is 7.38. The number of benzene rings is 4. The Morgan fingerprint density at radius 3 is 2.21 bits per heavy atom. The number of anilines is 2. The highest BCUT2D eigenvalue weighted by molar-refractivity contribution is 5.81. The van der Waals surface area contributed by atoms with E-state index in [1.807, 2.05) is 30.3 Å². The van der Waals surface area contributed by atoms with Crippen molar-refractivity contribution in [2.24, 2.45) is 5.84 Å². The van der Waals surface area contributed by atoms with E-state index >= 15 is 0 Å². The molecule has 5 rings (SSSR count). The lowest BCUT2D eigenvalue weighted by atomic mass is 10.0. The zero-order valence-electron chi connectivity index (χ0n) is 16.3. The summed E-state index contributed by atoms with van der Waals surface area (Å²) in [4.78, 5) is 0. The van der Waals surface area contributed by atoms with Gasteiger partial charge in [0, 0.05) is 5.56 Å². The molecule has 0 unspecified atom stereocenters. The molecule has 0 fully saturated rings. The van der Waals surface area contributed by atoms with Crippen molar-refractivity contribution in [3.05, 3.63) is 102 Å². The SMILES string of the molecule is COc1ccc(N(N)c2ccc3c(c2)Cc2ccccc2-3)cc1-c1ccccc1. The summed E-state index contributed by atoms with van der Waals surface area (Å²) in [6.07, 6.45) is 0.949. The van der Waals surface area contributed by atoms with E-state index in [1.54, 1.807) is 12.1 Å². The summed E-state index contributed by atoms with van der Waals surface area (Å²) in [6, 6.07) is 31.3. The first kappa shape index (κ1) is 17.5. The lowest BCUT2D eigenvalue weighted by Crippen LogP contribution is -2.25. The first-order valence-electron chi connectivity index (χ1n) is 9.74. The fraction of sp³-hybridized carbons (Fsp3) is 0.0769. The first-order valence-corrected chi connectivity index (χ1v) is 9.74. The number of fused-ring (bicyclic) bond motifs is 3. The Morgan fingerprint density at radius 2 is 1.38 bits per heavy atom. The predicted molar refractivity (Wildman–Crippen MR) is 119 cm³/mol. The molecule has 142 valence electrons. The van der Waals surface area contributed by atoms with E-state index in [2.05, 4.69) is 60.7 Å². The van der Waals surface area contributed by atoms with Gasteiger partial charge in [0.05, 0.1) is 18.5 Å². The minimum atomic E-state index is 0.831. The van der Waals surface area contributed by atoms with Crippen molar-refractivity contribution in [3.63, 3.8) is 0 Å². The average Bonchev–Trinajstić information content (AvgIpc) is 3.16. The normalized spacial score (nSPS) is 11.7. The van der Waals surface area contributed by atoms with Crippen molar-refractivity contribution >= 4 is 11.4 Å². The molecule has 4 aromatic carbocycles. The van der Waals surface area contributed by atoms with Crippen LogP contribution in [-0.4, -0.2) is 7.11 Å². The highest BCUT2D eigenvalue weighted by Crippen LogP contribution is 2.40. The molecule has 3 nitrogen and oxygen atoms in total. The maximum atomic E-state index is 6.55. The molecule has 0 amide bonds. The molecule has 0 radical (unpaired) electrons. The van der Waals surface area contributed by atoms with Crippen LogP contribution in [0.25, 0.3) is 22.3 Å². The number of ether oxygens (including phenoxy) is 1. The Kier molecular flexibility index (Phi) is 4.30. The molecule has 0 aliphatic heterocycles. The summed E-state index contributed by atoms with van der Waals surface area (Å²) in [7, 11) is 1.69. The van der Waals surface area contributed by atoms with Crippen LogP contribution < -0.4 is 15.6 Å². The molecule has 0 atom stereocenters. The van der Waals surface area contributed by atoms with E-state index < -0.39 is 0 Å². The second-order valence-electron chi connectivity index (χ2n) is 7.30. The maximum absolute atomic E-state index is 6.55. The van der Waals surface area contributed by atoms with Gasteiger partial charge in [-0.15, -0.1) is 0 Å². The fourth-order valence-electron chi connectivity index (χ4n) is 4.12. The van der Waals surface area contributed by atoms with Gasteiger partial charge >= 0.3 is 0 Å². The molecular weight excluding hydrogens is 356 g/mol. The van der Waals surface area contributed by atoms with Gasteiger partial charge in [0.2, 0.25) is 0 Å². The van der Waals surface area contributed by atoms with Gasteiger partial charge in [-0.25, -0.2) is 5.84 Å². The molecule has 0 spiro atoms. The molecule has 1 aliphatic carbocycles. The standard InChI is InChI=1S/C26H22N2O/c1-29-26-14-12-22(17-25(26)18-7-3-2-4-8-18)28(27)21-11-13-24-20(16-21)15-19-9-5-6-10-23(19)24/h2-14,16-17H,15,27H2,1H3. The minimum Gasteiger partial charge on any atom is -0.496 e. The van der Waals surface area contributed by atoms with Gasteiger partial charge in [-0.05, 0) is 64.6 Å². The zero-order valence-corrected chi connectivity index (χ0v) is 16.3. The van der Waals surface area contributed by atoms with Gasteiger partial charge in [0.15, 0.2) is 0 Å². The van der Waals surface area contributed by atoms with Gasteiger partial charge in [-0.3, -0.25) is 5.01 Å². The second-order valence-corrected chi connectivity index (χ2v) is 7.30. The zero-order chi connectivity index (χ0) is 19.8. The smallest absolute Gasteiger partial charge is 0.126 e. The van der Waals surface area contributed by atoms with Crippen LogP contribution >= 0.6 is 0 Å². The van der Waals surface area contributed by atoms with Crippen molar-refractivity contribution in [1.82, 2.24) is 0 Å². The number of hydrogen-bond acceptors (Lipinski definition) is 3. The van der Waals surface area contributed by atoms with E-state index in [1.165, 1.54) is 22.3 Å². The van der Waals surface area contributed by atoms with Crippen LogP contribution in [0.15, 0.2) is 91.0 Å². The van der Waals surface area contributed by atoms with Crippen LogP contribution in [0, 0.1) is 0 Å². The highest BCUT2D eigenvalue weighted by Gasteiger charge is 2.19. The molecular formula is C26H22N2O. The third-order valence-electron chi connectivity index (χ3n) is 5.60. The Balaban J connectivity index is 1.52. The van der Waals surface area contributed by atoms with Gasteiger partial charge < -0.3 is 4.74 Å². The first-order chi connectivity index (χ1) is 14.2. The quantitative estimate of drug-likeness (QED) is 0.310. The fourth-order valence-corrected chi connectivity index (χ4v) is 4.12. The average molecular weight is 378 g/mol. The topological polar surface area (TPSA) is 38.5 Å². The Hall–Kier alpha value is -3.56. The Bertz CT molecular complexity index is 1180. The van der Waals surface area contributed by atoms with Crippen molar-refractivity contribution < 1.29 is 4.74 Å². The Morgan fingerprint density at radius 1 is 0.690 bits per heavy atom. The third-order valence-corrected chi connectivity index (χ3v) is 5.60. The molecule has 3 heteroatoms. The summed E-state index contributed by atoms with van der Waals surface area (Å²) in [5, 5.41) is 1.75. The third kappa shape index (κ3) is 3.06. The summed E-state index contributed by atoms with van der Waals surface area (Å²) >= 11 is 0. The van der Waals surface area contributed by atoms with E-state index in [4.69, 9.17) is 10.6 Å². The van der Waals surface area contributed by atoms with Crippen LogP contribution in [0.3, 0.4) is 0 Å². The Labute approximate surface area is 171 Å². The molecule has 0 saturated heterocycles. The largest absolute Gasteiger partial charge is 0.496 e. The van der Waals surface area contributed by atoms with Gasteiger partial charge in [-0.1, -0.05) is 60.7 Å². The summed E-state index contributed by atoms with van der Waals surface area (Å²) in [6.45, 7) is 0. The second kappa shape index (κ2) is 7.12. The predicted octanol–water partition coefficient (Wildman–Crippen LogP) is 5.95. The molecule has 0 saturated carbocycles. The monoisotopic (exact) mass is 378 g/mol. The van der Waals surface area contributed by atoms with E-state index in [0.29, 0.717) is 0 Å². The van der Waals surface area contributed by atoms with E-state index in [0.717, 1.165) is 34.7 Å². The van der Waals surface area contributed by atoms with Crippen LogP contribution in [0.5, 0.6) is 5.75 Å². The lowest BCUT2D eigenvalue weighted by molar-refractivity contribution is 0.416. The van der Waals surface area contributed by atoms with Gasteiger partial charge in [-0.2, -0.15) is 0 Å². The molecule has 0 heterocycles. The molecule has 0 aromatic heterocycles. The van der Waals surface area contributed by atoms with Crippen LogP contribution in [0.1, 0.15) is 11.1 Å². The van der Waals surface area contributed by atoms with Crippen molar-refractivity contribution in [1.29, 1.82) is 0 Å². The van der Waals surface area contributed by atoms with Crippen LogP contribution in [-0.2, 0) is 6.42 Å².